The Morgan fingerprint density at radius 3 is 2.35 bits per heavy atom. The number of rotatable bonds is 9. The zero-order valence-electron chi connectivity index (χ0n) is 11.6. The van der Waals surface area contributed by atoms with E-state index in [1.165, 1.54) is 0 Å². The molecule has 0 radical (unpaired) electrons. The quantitative estimate of drug-likeness (QED) is 0.666. The molecule has 0 rings (SSSR count). The molecule has 0 spiro atoms. The van der Waals surface area contributed by atoms with E-state index in [0.29, 0.717) is 19.7 Å². The van der Waals surface area contributed by atoms with Gasteiger partial charge in [-0.25, -0.2) is 8.42 Å². The lowest BCUT2D eigenvalue weighted by Gasteiger charge is -2.30. The Bertz CT molecular complexity index is 293. The number of hydrogen-bond acceptors (Lipinski definition) is 4. The van der Waals surface area contributed by atoms with Gasteiger partial charge in [0.2, 0.25) is 10.0 Å². The van der Waals surface area contributed by atoms with Crippen LogP contribution in [0.4, 0.5) is 0 Å². The van der Waals surface area contributed by atoms with Crippen LogP contribution in [0.2, 0.25) is 0 Å². The molecule has 0 aliphatic carbocycles. The fraction of sp³-hybridized carbons (Fsp3) is 1.00. The first-order valence-electron chi connectivity index (χ1n) is 6.05. The van der Waals surface area contributed by atoms with Crippen LogP contribution in [0.15, 0.2) is 0 Å². The first-order valence-corrected chi connectivity index (χ1v) is 7.56. The van der Waals surface area contributed by atoms with Gasteiger partial charge in [0.15, 0.2) is 0 Å². The van der Waals surface area contributed by atoms with E-state index in [9.17, 15) is 8.42 Å². The maximum Gasteiger partial charge on any atom is 0.218 e. The van der Waals surface area contributed by atoms with E-state index >= 15 is 0 Å². The Balaban J connectivity index is 4.87. The van der Waals surface area contributed by atoms with Crippen molar-refractivity contribution in [1.82, 2.24) is 9.62 Å². The van der Waals surface area contributed by atoms with Gasteiger partial charge in [0.05, 0.1) is 11.9 Å². The highest BCUT2D eigenvalue weighted by Crippen LogP contribution is 2.14. The van der Waals surface area contributed by atoms with Crippen molar-refractivity contribution in [3.05, 3.63) is 0 Å². The summed E-state index contributed by atoms with van der Waals surface area (Å²) in [5.41, 5.74) is 0. The van der Waals surface area contributed by atoms with E-state index in [4.69, 9.17) is 4.74 Å². The lowest BCUT2D eigenvalue weighted by molar-refractivity contribution is 0.167. The van der Waals surface area contributed by atoms with Crippen molar-refractivity contribution in [2.75, 3.05) is 33.9 Å². The van der Waals surface area contributed by atoms with Crippen LogP contribution >= 0.6 is 0 Å². The molecular weight excluding hydrogens is 240 g/mol. The lowest BCUT2D eigenvalue weighted by atomic mass is 10.3. The minimum atomic E-state index is -3.26. The number of ether oxygens (including phenoxy) is 1. The molecule has 17 heavy (non-hydrogen) atoms. The van der Waals surface area contributed by atoms with Crippen molar-refractivity contribution in [1.29, 1.82) is 0 Å². The molecule has 0 bridgehead atoms. The summed E-state index contributed by atoms with van der Waals surface area (Å²) >= 11 is 0. The third-order valence-electron chi connectivity index (χ3n) is 2.93. The molecule has 104 valence electrons. The van der Waals surface area contributed by atoms with Crippen LogP contribution in [0.5, 0.6) is 0 Å². The Hall–Kier alpha value is -0.170. The highest BCUT2D eigenvalue weighted by atomic mass is 32.2. The minimum absolute atomic E-state index is 0.00876. The first-order chi connectivity index (χ1) is 7.91. The molecule has 0 aromatic heterocycles. The topological polar surface area (TPSA) is 58.6 Å². The molecule has 0 aromatic carbocycles. The zero-order chi connectivity index (χ0) is 13.5. The van der Waals surface area contributed by atoms with Gasteiger partial charge in [0.25, 0.3) is 0 Å². The van der Waals surface area contributed by atoms with Crippen LogP contribution < -0.4 is 5.32 Å². The van der Waals surface area contributed by atoms with Gasteiger partial charge < -0.3 is 10.1 Å². The highest BCUT2D eigenvalue weighted by Gasteiger charge is 2.30. The Morgan fingerprint density at radius 1 is 1.35 bits per heavy atom. The fourth-order valence-electron chi connectivity index (χ4n) is 1.61. The number of nitrogens with zero attached hydrogens (tertiary/aromatic N) is 1. The summed E-state index contributed by atoms with van der Waals surface area (Å²) in [4.78, 5) is 0. The molecule has 0 aliphatic rings. The molecule has 0 amide bonds. The van der Waals surface area contributed by atoms with E-state index in [1.807, 2.05) is 13.8 Å². The van der Waals surface area contributed by atoms with E-state index in [1.54, 1.807) is 25.4 Å². The summed E-state index contributed by atoms with van der Waals surface area (Å²) in [5.74, 6) is 0. The molecule has 5 nitrogen and oxygen atoms in total. The van der Waals surface area contributed by atoms with Crippen LogP contribution in [-0.2, 0) is 14.8 Å². The molecule has 2 atom stereocenters. The summed E-state index contributed by atoms with van der Waals surface area (Å²) in [5, 5.41) is 2.49. The van der Waals surface area contributed by atoms with E-state index < -0.39 is 15.3 Å². The van der Waals surface area contributed by atoms with Gasteiger partial charge in [0.1, 0.15) is 0 Å². The van der Waals surface area contributed by atoms with Gasteiger partial charge in [-0.05, 0) is 27.3 Å². The normalized spacial score (nSPS) is 16.1. The number of hydrogen-bond donors (Lipinski definition) is 1. The standard InChI is InChI=1S/C11H26N2O3S/c1-6-10(2)13(7-8-16-5)17(14,15)11(3)9-12-4/h10-12H,6-9H2,1-5H3. The molecule has 6 heteroatoms. The summed E-state index contributed by atoms with van der Waals surface area (Å²) in [6.45, 7) is 6.95. The Labute approximate surface area is 106 Å². The second-order valence-electron chi connectivity index (χ2n) is 4.27. The van der Waals surface area contributed by atoms with Crippen molar-refractivity contribution in [2.24, 2.45) is 0 Å². The maximum absolute atomic E-state index is 12.4. The molecule has 0 aromatic rings. The van der Waals surface area contributed by atoms with Crippen LogP contribution in [0.1, 0.15) is 27.2 Å². The molecule has 0 saturated heterocycles. The lowest BCUT2D eigenvalue weighted by Crippen LogP contribution is -2.46. The smallest absolute Gasteiger partial charge is 0.218 e. The summed E-state index contributed by atoms with van der Waals surface area (Å²) < 4.78 is 31.2. The summed E-state index contributed by atoms with van der Waals surface area (Å²) in [6, 6.07) is 0.00876. The van der Waals surface area contributed by atoms with E-state index in [2.05, 4.69) is 5.32 Å². The largest absolute Gasteiger partial charge is 0.383 e. The van der Waals surface area contributed by atoms with Gasteiger partial charge >= 0.3 is 0 Å². The van der Waals surface area contributed by atoms with Gasteiger partial charge in [-0.3, -0.25) is 0 Å². The fourth-order valence-corrected chi connectivity index (χ4v) is 3.43. The third-order valence-corrected chi connectivity index (χ3v) is 5.30. The monoisotopic (exact) mass is 266 g/mol. The molecule has 1 N–H and O–H groups in total. The molecule has 0 heterocycles. The number of sulfonamides is 1. The van der Waals surface area contributed by atoms with Crippen LogP contribution in [0.3, 0.4) is 0 Å². The van der Waals surface area contributed by atoms with Gasteiger partial charge in [0, 0.05) is 26.2 Å². The SMILES string of the molecule is CCC(C)N(CCOC)S(=O)(=O)C(C)CNC. The van der Waals surface area contributed by atoms with Crippen LogP contribution in [0.25, 0.3) is 0 Å². The second kappa shape index (κ2) is 8.02. The van der Waals surface area contributed by atoms with Crippen molar-refractivity contribution >= 4 is 10.0 Å². The molecule has 0 saturated carbocycles. The maximum atomic E-state index is 12.4. The number of methoxy groups -OCH3 is 1. The molecule has 2 unspecified atom stereocenters. The van der Waals surface area contributed by atoms with Crippen LogP contribution in [0, 0.1) is 0 Å². The predicted molar refractivity (Wildman–Crippen MR) is 70.6 cm³/mol. The molecule has 0 aliphatic heterocycles. The summed E-state index contributed by atoms with van der Waals surface area (Å²) in [7, 11) is 0.0845. The van der Waals surface area contributed by atoms with Crippen molar-refractivity contribution < 1.29 is 13.2 Å². The van der Waals surface area contributed by atoms with Crippen LogP contribution in [-0.4, -0.2) is 57.9 Å². The Morgan fingerprint density at radius 2 is 1.94 bits per heavy atom. The Kier molecular flexibility index (Phi) is 7.94. The average molecular weight is 266 g/mol. The zero-order valence-corrected chi connectivity index (χ0v) is 12.4. The molecule has 0 fully saturated rings. The minimum Gasteiger partial charge on any atom is -0.383 e. The second-order valence-corrected chi connectivity index (χ2v) is 6.58. The van der Waals surface area contributed by atoms with Gasteiger partial charge in [-0.2, -0.15) is 4.31 Å². The van der Waals surface area contributed by atoms with Gasteiger partial charge in [-0.1, -0.05) is 6.92 Å². The van der Waals surface area contributed by atoms with Crippen molar-refractivity contribution in [3.8, 4) is 0 Å². The van der Waals surface area contributed by atoms with Crippen molar-refractivity contribution in [3.63, 3.8) is 0 Å². The number of nitrogens with one attached hydrogen (secondary N) is 1. The summed E-state index contributed by atoms with van der Waals surface area (Å²) in [6.07, 6.45) is 0.801. The third kappa shape index (κ3) is 4.91. The predicted octanol–water partition coefficient (Wildman–Crippen LogP) is 0.671. The van der Waals surface area contributed by atoms with E-state index in [-0.39, 0.29) is 6.04 Å². The molecular formula is C11H26N2O3S. The average Bonchev–Trinajstić information content (AvgIpc) is 2.29. The highest BCUT2D eigenvalue weighted by molar-refractivity contribution is 7.89. The van der Waals surface area contributed by atoms with E-state index in [0.717, 1.165) is 6.42 Å². The first kappa shape index (κ1) is 16.8. The van der Waals surface area contributed by atoms with Crippen molar-refractivity contribution in [2.45, 2.75) is 38.5 Å². The van der Waals surface area contributed by atoms with Gasteiger partial charge in [-0.15, -0.1) is 0 Å².